The smallest absolute Gasteiger partial charge is 0.260 e. The quantitative estimate of drug-likeness (QED) is 0.441. The number of nitrogens with zero attached hydrogens (tertiary/aromatic N) is 4. The normalized spacial score (nSPS) is 15.1. The summed E-state index contributed by atoms with van der Waals surface area (Å²) in [6.45, 7) is 3.27. The highest BCUT2D eigenvalue weighted by Crippen LogP contribution is 2.35. The number of pyridine rings is 1. The zero-order chi connectivity index (χ0) is 25.7. The lowest BCUT2D eigenvalue weighted by Crippen LogP contribution is -2.38. The molecule has 2 aliphatic heterocycles. The number of aromatic nitrogens is 4. The average molecular weight is 498 g/mol. The molecule has 6 rings (SSSR count). The molecule has 4 aromatic rings. The predicted octanol–water partition coefficient (Wildman–Crippen LogP) is 3.51. The maximum atomic E-state index is 13.7. The van der Waals surface area contributed by atoms with Gasteiger partial charge in [-0.05, 0) is 61.6 Å². The second-order valence-electron chi connectivity index (χ2n) is 10.2. The fourth-order valence-corrected chi connectivity index (χ4v) is 5.94. The second-order valence-corrected chi connectivity index (χ2v) is 10.2. The van der Waals surface area contributed by atoms with Gasteiger partial charge < -0.3 is 19.1 Å². The fraction of sp³-hybridized carbons (Fsp3) is 0.345. The molecule has 0 radical (unpaired) electrons. The highest BCUT2D eigenvalue weighted by atomic mass is 16.3. The monoisotopic (exact) mass is 497 g/mol. The summed E-state index contributed by atoms with van der Waals surface area (Å²) in [5.41, 5.74) is 8.51. The molecule has 0 fully saturated rings. The molecule has 0 aliphatic carbocycles. The van der Waals surface area contributed by atoms with Crippen LogP contribution in [0, 0.1) is 6.92 Å². The summed E-state index contributed by atoms with van der Waals surface area (Å²) >= 11 is 0. The molecule has 2 aliphatic rings. The number of carbonyl (C=O) groups excluding carboxylic acids is 1. The van der Waals surface area contributed by atoms with Gasteiger partial charge in [0, 0.05) is 67.4 Å². The van der Waals surface area contributed by atoms with Gasteiger partial charge in [-0.15, -0.1) is 0 Å². The molecule has 0 spiro atoms. The maximum Gasteiger partial charge on any atom is 0.260 e. The third kappa shape index (κ3) is 4.01. The Bertz CT molecular complexity index is 1570. The van der Waals surface area contributed by atoms with Crippen LogP contribution in [0.5, 0.6) is 0 Å². The molecule has 2 N–H and O–H groups in total. The van der Waals surface area contributed by atoms with Crippen molar-refractivity contribution in [3.05, 3.63) is 92.4 Å². The Morgan fingerprint density at radius 3 is 2.70 bits per heavy atom. The van der Waals surface area contributed by atoms with E-state index >= 15 is 0 Å². The van der Waals surface area contributed by atoms with E-state index in [4.69, 9.17) is 0 Å². The molecule has 190 valence electrons. The Hall–Kier alpha value is -3.91. The number of aryl methyl sites for hydroxylation is 3. The summed E-state index contributed by atoms with van der Waals surface area (Å²) in [4.78, 5) is 28.4. The molecular formula is C29H31N5O3. The molecular weight excluding hydrogens is 466 g/mol. The number of aliphatic hydroxyl groups excluding tert-OH is 1. The minimum absolute atomic E-state index is 0.00921. The summed E-state index contributed by atoms with van der Waals surface area (Å²) < 4.78 is 3.91. The van der Waals surface area contributed by atoms with Crippen molar-refractivity contribution in [2.24, 2.45) is 7.05 Å². The van der Waals surface area contributed by atoms with Crippen LogP contribution in [0.15, 0.2) is 47.4 Å². The minimum atomic E-state index is -0.217. The van der Waals surface area contributed by atoms with Gasteiger partial charge in [0.1, 0.15) is 0 Å². The number of aromatic amines is 1. The first kappa shape index (κ1) is 23.5. The maximum absolute atomic E-state index is 13.7. The van der Waals surface area contributed by atoms with Gasteiger partial charge in [0.15, 0.2) is 0 Å². The molecule has 1 amide bonds. The van der Waals surface area contributed by atoms with Crippen LogP contribution in [0.3, 0.4) is 0 Å². The number of H-pyrrole nitrogens is 1. The van der Waals surface area contributed by atoms with Crippen LogP contribution in [-0.4, -0.2) is 36.9 Å². The number of aliphatic hydroxyl groups is 1. The SMILES string of the molecule is Cc1cc(Cc2cc(-c3cccc(N4CCc5c(cc6n5CCCC6)C4=O)c3CO)cn(C)c2=O)n[nH]1. The standard InChI is InChI=1S/C29H31N5O3/c1-18-12-21(31-30-18)14-19-13-20(16-32(2)28(19)36)23-7-5-8-26(25(23)17-35)34-11-9-27-24(29(34)37)15-22-6-3-4-10-33(22)27/h5,7-8,12-13,15-16,35H,3-4,6,9-11,14,17H2,1-2H3,(H,30,31). The van der Waals surface area contributed by atoms with Crippen molar-refractivity contribution in [3.63, 3.8) is 0 Å². The van der Waals surface area contributed by atoms with E-state index in [0.717, 1.165) is 65.3 Å². The number of amides is 1. The summed E-state index contributed by atoms with van der Waals surface area (Å²) in [7, 11) is 1.73. The van der Waals surface area contributed by atoms with Crippen molar-refractivity contribution < 1.29 is 9.90 Å². The van der Waals surface area contributed by atoms with Gasteiger partial charge in [-0.2, -0.15) is 5.10 Å². The van der Waals surface area contributed by atoms with Crippen molar-refractivity contribution >= 4 is 11.6 Å². The van der Waals surface area contributed by atoms with Gasteiger partial charge in [-0.3, -0.25) is 14.7 Å². The molecule has 0 saturated carbocycles. The third-order valence-corrected chi connectivity index (χ3v) is 7.71. The molecule has 0 atom stereocenters. The highest BCUT2D eigenvalue weighted by molar-refractivity contribution is 6.09. The van der Waals surface area contributed by atoms with Gasteiger partial charge in [-0.25, -0.2) is 0 Å². The van der Waals surface area contributed by atoms with Crippen LogP contribution in [-0.2, 0) is 39.5 Å². The first-order valence-electron chi connectivity index (χ1n) is 12.9. The van der Waals surface area contributed by atoms with Gasteiger partial charge in [-0.1, -0.05) is 12.1 Å². The molecule has 0 bridgehead atoms. The van der Waals surface area contributed by atoms with E-state index in [2.05, 4.69) is 20.8 Å². The zero-order valence-corrected chi connectivity index (χ0v) is 21.3. The molecule has 1 aromatic carbocycles. The van der Waals surface area contributed by atoms with Crippen LogP contribution in [0.2, 0.25) is 0 Å². The van der Waals surface area contributed by atoms with Gasteiger partial charge >= 0.3 is 0 Å². The number of hydrogen-bond acceptors (Lipinski definition) is 4. The van der Waals surface area contributed by atoms with Crippen LogP contribution in [0.25, 0.3) is 11.1 Å². The number of anilines is 1. The van der Waals surface area contributed by atoms with Crippen molar-refractivity contribution in [1.29, 1.82) is 0 Å². The lowest BCUT2D eigenvalue weighted by atomic mass is 9.96. The number of hydrogen-bond donors (Lipinski definition) is 2. The van der Waals surface area contributed by atoms with Crippen LogP contribution in [0.4, 0.5) is 5.69 Å². The van der Waals surface area contributed by atoms with E-state index < -0.39 is 0 Å². The van der Waals surface area contributed by atoms with Crippen molar-refractivity contribution in [1.82, 2.24) is 19.3 Å². The van der Waals surface area contributed by atoms with E-state index in [1.165, 1.54) is 12.1 Å². The fourth-order valence-electron chi connectivity index (χ4n) is 5.94. The van der Waals surface area contributed by atoms with Crippen LogP contribution in [0.1, 0.15) is 57.1 Å². The van der Waals surface area contributed by atoms with Gasteiger partial charge in [0.25, 0.3) is 11.5 Å². The molecule has 3 aromatic heterocycles. The van der Waals surface area contributed by atoms with E-state index in [1.807, 2.05) is 37.3 Å². The Morgan fingerprint density at radius 1 is 1.05 bits per heavy atom. The van der Waals surface area contributed by atoms with Gasteiger partial charge in [0.2, 0.25) is 0 Å². The Labute approximate surface area is 215 Å². The summed E-state index contributed by atoms with van der Waals surface area (Å²) in [6.07, 6.45) is 6.33. The average Bonchev–Trinajstić information content (AvgIpc) is 3.50. The van der Waals surface area contributed by atoms with Crippen molar-refractivity contribution in [3.8, 4) is 11.1 Å². The number of carbonyl (C=O) groups is 1. The largest absolute Gasteiger partial charge is 0.392 e. The van der Waals surface area contributed by atoms with Crippen LogP contribution < -0.4 is 10.5 Å². The molecule has 37 heavy (non-hydrogen) atoms. The van der Waals surface area contributed by atoms with E-state index in [9.17, 15) is 14.7 Å². The Balaban J connectivity index is 1.39. The third-order valence-electron chi connectivity index (χ3n) is 7.71. The summed E-state index contributed by atoms with van der Waals surface area (Å²) in [5.74, 6) is -0.00921. The summed E-state index contributed by atoms with van der Waals surface area (Å²) in [6, 6.07) is 11.6. The Kier molecular flexibility index (Phi) is 5.83. The number of benzene rings is 1. The lowest BCUT2D eigenvalue weighted by molar-refractivity contribution is 0.0979. The van der Waals surface area contributed by atoms with Crippen molar-refractivity contribution in [2.75, 3.05) is 11.4 Å². The first-order chi connectivity index (χ1) is 17.9. The molecule has 5 heterocycles. The predicted molar refractivity (Wildman–Crippen MR) is 142 cm³/mol. The highest BCUT2D eigenvalue weighted by Gasteiger charge is 2.32. The molecule has 8 heteroatoms. The lowest BCUT2D eigenvalue weighted by Gasteiger charge is -2.30. The van der Waals surface area contributed by atoms with E-state index in [-0.39, 0.29) is 18.1 Å². The molecule has 8 nitrogen and oxygen atoms in total. The van der Waals surface area contributed by atoms with Crippen LogP contribution >= 0.6 is 0 Å². The minimum Gasteiger partial charge on any atom is -0.392 e. The topological polar surface area (TPSA) is 96.2 Å². The Morgan fingerprint density at radius 2 is 1.92 bits per heavy atom. The molecule has 0 saturated heterocycles. The molecule has 0 unspecified atom stereocenters. The van der Waals surface area contributed by atoms with Crippen molar-refractivity contribution in [2.45, 2.75) is 52.2 Å². The second kappa shape index (κ2) is 9.19. The van der Waals surface area contributed by atoms with E-state index in [1.54, 1.807) is 22.7 Å². The van der Waals surface area contributed by atoms with E-state index in [0.29, 0.717) is 24.1 Å². The number of nitrogens with one attached hydrogen (secondary N) is 1. The van der Waals surface area contributed by atoms with Gasteiger partial charge in [0.05, 0.1) is 23.6 Å². The summed E-state index contributed by atoms with van der Waals surface area (Å²) in [5, 5.41) is 17.7. The first-order valence-corrected chi connectivity index (χ1v) is 12.9. The number of rotatable bonds is 5. The zero-order valence-electron chi connectivity index (χ0n) is 21.3. The number of fused-ring (bicyclic) bond motifs is 3.